The predicted molar refractivity (Wildman–Crippen MR) is 69.6 cm³/mol. The molecule has 0 aromatic carbocycles. The minimum Gasteiger partial charge on any atom is -0.478 e. The van der Waals surface area contributed by atoms with Gasteiger partial charge in [0.1, 0.15) is 0 Å². The van der Waals surface area contributed by atoms with E-state index in [2.05, 4.69) is 6.92 Å². The van der Waals surface area contributed by atoms with Crippen molar-refractivity contribution in [1.29, 1.82) is 0 Å². The van der Waals surface area contributed by atoms with Gasteiger partial charge in [-0.15, -0.1) is 0 Å². The van der Waals surface area contributed by atoms with E-state index in [9.17, 15) is 9.90 Å². The van der Waals surface area contributed by atoms with E-state index in [0.717, 1.165) is 13.0 Å². The van der Waals surface area contributed by atoms with Crippen LogP contribution in [0.2, 0.25) is 0 Å². The van der Waals surface area contributed by atoms with Gasteiger partial charge in [-0.1, -0.05) is 0 Å². The molecule has 3 aliphatic carbocycles. The maximum absolute atomic E-state index is 10.8. The summed E-state index contributed by atoms with van der Waals surface area (Å²) in [5.74, 6) is 0.242. The van der Waals surface area contributed by atoms with E-state index in [1.54, 1.807) is 0 Å². The summed E-state index contributed by atoms with van der Waals surface area (Å²) in [5.41, 5.74) is 0.317. The molecule has 4 bridgehead atoms. The molecule has 4 aliphatic rings. The SMILES string of the molecule is C/C(=C\[C@@H](O)CC12COC3(C)CCC1CC32)C(=O)O. The van der Waals surface area contributed by atoms with Crippen molar-refractivity contribution in [3.05, 3.63) is 11.6 Å². The number of aliphatic hydroxyl groups is 1. The van der Waals surface area contributed by atoms with Crippen LogP contribution in [0.25, 0.3) is 0 Å². The van der Waals surface area contributed by atoms with Crippen molar-refractivity contribution in [2.75, 3.05) is 6.61 Å². The standard InChI is InChI=1S/C15H22O4/c1-9(13(17)18)5-11(16)7-15-8-19-14(2)4-3-10(15)6-12(14)15/h5,10-12,16H,3-4,6-8H2,1-2H3,(H,17,18)/b9-5+/t10?,11-,12?,14?,15?/m1/s1. The van der Waals surface area contributed by atoms with Gasteiger partial charge in [0.2, 0.25) is 0 Å². The largest absolute Gasteiger partial charge is 0.478 e. The van der Waals surface area contributed by atoms with Crippen LogP contribution in [0.4, 0.5) is 0 Å². The monoisotopic (exact) mass is 266 g/mol. The Hall–Kier alpha value is -0.870. The molecule has 1 heterocycles. The number of carbonyl (C=O) groups is 1. The summed E-state index contributed by atoms with van der Waals surface area (Å²) in [6, 6.07) is 0. The lowest BCUT2D eigenvalue weighted by Gasteiger charge is -2.59. The van der Waals surface area contributed by atoms with Gasteiger partial charge in [-0.05, 0) is 57.4 Å². The van der Waals surface area contributed by atoms with Crippen LogP contribution in [0.1, 0.15) is 39.5 Å². The van der Waals surface area contributed by atoms with Gasteiger partial charge in [0.25, 0.3) is 0 Å². The second-order valence-corrected chi connectivity index (χ2v) is 6.78. The van der Waals surface area contributed by atoms with E-state index in [1.807, 2.05) is 0 Å². The van der Waals surface area contributed by atoms with Gasteiger partial charge in [0.15, 0.2) is 0 Å². The number of fused-ring (bicyclic) bond motifs is 1. The van der Waals surface area contributed by atoms with Crippen LogP contribution in [0.15, 0.2) is 11.6 Å². The summed E-state index contributed by atoms with van der Waals surface area (Å²) < 4.78 is 6.03. The lowest BCUT2D eigenvalue weighted by molar-refractivity contribution is -0.133. The predicted octanol–water partition coefficient (Wildman–Crippen LogP) is 1.97. The van der Waals surface area contributed by atoms with E-state index < -0.39 is 12.1 Å². The van der Waals surface area contributed by atoms with Gasteiger partial charge in [-0.2, -0.15) is 0 Å². The molecule has 4 rings (SSSR count). The highest BCUT2D eigenvalue weighted by Crippen LogP contribution is 2.70. The van der Waals surface area contributed by atoms with E-state index in [4.69, 9.17) is 9.84 Å². The molecule has 0 aromatic heterocycles. The Balaban J connectivity index is 1.74. The molecule has 2 N–H and O–H groups in total. The average molecular weight is 266 g/mol. The van der Waals surface area contributed by atoms with Crippen molar-refractivity contribution in [1.82, 2.24) is 0 Å². The molecule has 4 unspecified atom stereocenters. The molecule has 106 valence electrons. The van der Waals surface area contributed by atoms with Crippen LogP contribution in [0.5, 0.6) is 0 Å². The molecule has 4 heteroatoms. The Morgan fingerprint density at radius 2 is 2.32 bits per heavy atom. The molecule has 19 heavy (non-hydrogen) atoms. The summed E-state index contributed by atoms with van der Waals surface area (Å²) in [7, 11) is 0. The zero-order chi connectivity index (χ0) is 13.8. The Labute approximate surface area is 113 Å². The maximum atomic E-state index is 10.8. The van der Waals surface area contributed by atoms with Crippen molar-refractivity contribution >= 4 is 5.97 Å². The highest BCUT2D eigenvalue weighted by molar-refractivity contribution is 5.85. The molecule has 1 saturated heterocycles. The van der Waals surface area contributed by atoms with Crippen molar-refractivity contribution in [3.8, 4) is 0 Å². The molecule has 0 amide bonds. The lowest BCUT2D eigenvalue weighted by Crippen LogP contribution is -2.58. The molecule has 1 aliphatic heterocycles. The van der Waals surface area contributed by atoms with Crippen molar-refractivity contribution in [2.24, 2.45) is 17.3 Å². The first-order chi connectivity index (χ1) is 8.87. The summed E-state index contributed by atoms with van der Waals surface area (Å²) in [6.07, 6.45) is 4.96. The van der Waals surface area contributed by atoms with E-state index in [0.29, 0.717) is 18.3 Å². The van der Waals surface area contributed by atoms with Crippen LogP contribution in [0.3, 0.4) is 0 Å². The Bertz CT molecular complexity index is 441. The number of carboxylic acid groups (broad SMARTS) is 1. The number of hydrogen-bond donors (Lipinski definition) is 2. The van der Waals surface area contributed by atoms with E-state index in [1.165, 1.54) is 25.8 Å². The van der Waals surface area contributed by atoms with Crippen LogP contribution >= 0.6 is 0 Å². The summed E-state index contributed by atoms with van der Waals surface area (Å²) in [5, 5.41) is 19.0. The third-order valence-electron chi connectivity index (χ3n) is 5.79. The van der Waals surface area contributed by atoms with Gasteiger partial charge >= 0.3 is 5.97 Å². The maximum Gasteiger partial charge on any atom is 0.331 e. The third kappa shape index (κ3) is 1.77. The Morgan fingerprint density at radius 3 is 2.95 bits per heavy atom. The van der Waals surface area contributed by atoms with Gasteiger partial charge in [-0.3, -0.25) is 0 Å². The van der Waals surface area contributed by atoms with Gasteiger partial charge in [0, 0.05) is 11.0 Å². The summed E-state index contributed by atoms with van der Waals surface area (Å²) in [4.78, 5) is 10.8. The lowest BCUT2D eigenvalue weighted by atomic mass is 9.43. The number of hydrogen-bond acceptors (Lipinski definition) is 3. The average Bonchev–Trinajstić information content (AvgIpc) is 2.46. The molecule has 3 saturated carbocycles. The zero-order valence-electron chi connectivity index (χ0n) is 11.6. The summed E-state index contributed by atoms with van der Waals surface area (Å²) in [6.45, 7) is 4.45. The zero-order valence-corrected chi connectivity index (χ0v) is 11.6. The number of ether oxygens (including phenoxy) is 1. The van der Waals surface area contributed by atoms with Gasteiger partial charge in [-0.25, -0.2) is 4.79 Å². The topological polar surface area (TPSA) is 66.8 Å². The van der Waals surface area contributed by atoms with E-state index in [-0.39, 0.29) is 16.6 Å². The van der Waals surface area contributed by atoms with Crippen LogP contribution in [-0.4, -0.2) is 34.5 Å². The van der Waals surface area contributed by atoms with Crippen LogP contribution < -0.4 is 0 Å². The van der Waals surface area contributed by atoms with Crippen LogP contribution in [0, 0.1) is 17.3 Å². The first kappa shape index (κ1) is 13.1. The van der Waals surface area contributed by atoms with Crippen molar-refractivity contribution in [3.63, 3.8) is 0 Å². The van der Waals surface area contributed by atoms with Crippen molar-refractivity contribution < 1.29 is 19.7 Å². The number of aliphatic carboxylic acids is 1. The first-order valence-corrected chi connectivity index (χ1v) is 7.11. The smallest absolute Gasteiger partial charge is 0.331 e. The molecule has 0 aromatic rings. The Morgan fingerprint density at radius 1 is 1.58 bits per heavy atom. The molecule has 4 nitrogen and oxygen atoms in total. The van der Waals surface area contributed by atoms with Crippen molar-refractivity contribution in [2.45, 2.75) is 51.2 Å². The molecule has 0 spiro atoms. The normalized spacial score (nSPS) is 45.7. The second-order valence-electron chi connectivity index (χ2n) is 6.78. The first-order valence-electron chi connectivity index (χ1n) is 7.11. The minimum absolute atomic E-state index is 0.0000267. The fourth-order valence-electron chi connectivity index (χ4n) is 4.64. The van der Waals surface area contributed by atoms with Crippen LogP contribution in [-0.2, 0) is 9.53 Å². The molecule has 5 atom stereocenters. The fraction of sp³-hybridized carbons (Fsp3) is 0.800. The number of aliphatic hydroxyl groups excluding tert-OH is 1. The molecule has 0 radical (unpaired) electrons. The number of carboxylic acids is 1. The fourth-order valence-corrected chi connectivity index (χ4v) is 4.64. The number of rotatable bonds is 4. The quantitative estimate of drug-likeness (QED) is 0.763. The minimum atomic E-state index is -0.960. The Kier molecular flexibility index (Phi) is 2.81. The van der Waals surface area contributed by atoms with Gasteiger partial charge in [0.05, 0.1) is 18.3 Å². The molecular weight excluding hydrogens is 244 g/mol. The highest BCUT2D eigenvalue weighted by atomic mass is 16.5. The highest BCUT2D eigenvalue weighted by Gasteiger charge is 2.69. The summed E-state index contributed by atoms with van der Waals surface area (Å²) >= 11 is 0. The third-order valence-corrected chi connectivity index (χ3v) is 5.79. The second kappa shape index (κ2) is 4.06. The van der Waals surface area contributed by atoms with Gasteiger partial charge < -0.3 is 14.9 Å². The molecule has 4 fully saturated rings. The molecular formula is C15H22O4. The van der Waals surface area contributed by atoms with E-state index >= 15 is 0 Å².